The fourth-order valence-electron chi connectivity index (χ4n) is 4.17. The average Bonchev–Trinajstić information content (AvgIpc) is 2.90. The molecule has 176 valence electrons. The Morgan fingerprint density at radius 1 is 1.00 bits per heavy atom. The van der Waals surface area contributed by atoms with Crippen LogP contribution >= 0.6 is 0 Å². The number of phenols is 1. The van der Waals surface area contributed by atoms with Gasteiger partial charge in [-0.15, -0.1) is 0 Å². The van der Waals surface area contributed by atoms with E-state index in [4.69, 9.17) is 0 Å². The Kier molecular flexibility index (Phi) is 5.97. The molecule has 1 saturated heterocycles. The molecule has 1 amide bonds. The standard InChI is InChI=1S/C26H24N6O3/c1-17-13-19(5-6-23(17)33)22-15-21(29-26(35)30-22)18-3-2-4-20(14-18)25(34)32-11-9-31(10-12-32)24-16-27-7-8-28-24/h2-8,13-16,33H,9-12H2,1H3,(H,29,30,35). The van der Waals surface area contributed by atoms with Crippen molar-refractivity contribution in [3.63, 3.8) is 0 Å². The SMILES string of the molecule is Cc1cc(-c2cc(-c3cccc(C(=O)N4CCN(c5cnccn5)CC4)c3)[nH]c(=O)n2)ccc1O. The van der Waals surface area contributed by atoms with Crippen molar-refractivity contribution in [2.75, 3.05) is 31.1 Å². The van der Waals surface area contributed by atoms with Gasteiger partial charge in [-0.1, -0.05) is 12.1 Å². The summed E-state index contributed by atoms with van der Waals surface area (Å²) in [6.45, 7) is 4.30. The fourth-order valence-corrected chi connectivity index (χ4v) is 4.17. The quantitative estimate of drug-likeness (QED) is 0.473. The van der Waals surface area contributed by atoms with Crippen molar-refractivity contribution >= 4 is 11.7 Å². The summed E-state index contributed by atoms with van der Waals surface area (Å²) < 4.78 is 0. The van der Waals surface area contributed by atoms with Gasteiger partial charge in [0, 0.05) is 49.7 Å². The van der Waals surface area contributed by atoms with E-state index < -0.39 is 5.69 Å². The molecule has 0 saturated carbocycles. The van der Waals surface area contributed by atoms with Crippen molar-refractivity contribution in [3.8, 4) is 28.3 Å². The van der Waals surface area contributed by atoms with E-state index in [0.29, 0.717) is 54.3 Å². The molecule has 5 rings (SSSR count). The molecular weight excluding hydrogens is 444 g/mol. The van der Waals surface area contributed by atoms with Crippen molar-refractivity contribution < 1.29 is 9.90 Å². The first kappa shape index (κ1) is 22.3. The highest BCUT2D eigenvalue weighted by molar-refractivity contribution is 5.95. The van der Waals surface area contributed by atoms with Crippen LogP contribution in [-0.4, -0.2) is 62.0 Å². The number of hydrogen-bond donors (Lipinski definition) is 2. The summed E-state index contributed by atoms with van der Waals surface area (Å²) in [5, 5.41) is 9.81. The van der Waals surface area contributed by atoms with Gasteiger partial charge in [0.2, 0.25) is 0 Å². The molecule has 9 nitrogen and oxygen atoms in total. The number of hydrogen-bond acceptors (Lipinski definition) is 7. The molecule has 3 heterocycles. The molecule has 1 aliphatic rings. The second kappa shape index (κ2) is 9.38. The predicted octanol–water partition coefficient (Wildman–Crippen LogP) is 2.87. The van der Waals surface area contributed by atoms with Gasteiger partial charge in [-0.25, -0.2) is 9.78 Å². The van der Waals surface area contributed by atoms with Crippen LogP contribution in [0.2, 0.25) is 0 Å². The summed E-state index contributed by atoms with van der Waals surface area (Å²) >= 11 is 0. The maximum Gasteiger partial charge on any atom is 0.345 e. The van der Waals surface area contributed by atoms with Crippen LogP contribution < -0.4 is 10.6 Å². The molecule has 0 unspecified atom stereocenters. The number of nitrogens with one attached hydrogen (secondary N) is 1. The predicted molar refractivity (Wildman–Crippen MR) is 132 cm³/mol. The second-order valence-corrected chi connectivity index (χ2v) is 8.41. The van der Waals surface area contributed by atoms with Crippen LogP contribution in [0.3, 0.4) is 0 Å². The topological polar surface area (TPSA) is 115 Å². The minimum absolute atomic E-state index is 0.0589. The first-order chi connectivity index (χ1) is 17.0. The zero-order valence-electron chi connectivity index (χ0n) is 19.2. The molecule has 1 aliphatic heterocycles. The summed E-state index contributed by atoms with van der Waals surface area (Å²) in [6.07, 6.45) is 5.03. The van der Waals surface area contributed by atoms with Crippen LogP contribution in [0.25, 0.3) is 22.5 Å². The van der Waals surface area contributed by atoms with E-state index in [1.165, 1.54) is 0 Å². The molecule has 2 N–H and O–H groups in total. The zero-order valence-corrected chi connectivity index (χ0v) is 19.2. The maximum absolute atomic E-state index is 13.2. The number of piperazine rings is 1. The molecule has 1 fully saturated rings. The lowest BCUT2D eigenvalue weighted by Crippen LogP contribution is -2.49. The Bertz CT molecular complexity index is 1430. The van der Waals surface area contributed by atoms with Gasteiger partial charge in [0.05, 0.1) is 17.6 Å². The van der Waals surface area contributed by atoms with Crippen molar-refractivity contribution in [2.24, 2.45) is 0 Å². The second-order valence-electron chi connectivity index (χ2n) is 8.41. The van der Waals surface area contributed by atoms with Gasteiger partial charge < -0.3 is 19.9 Å². The monoisotopic (exact) mass is 468 g/mol. The number of amides is 1. The molecular formula is C26H24N6O3. The van der Waals surface area contributed by atoms with Crippen LogP contribution in [0.4, 0.5) is 5.82 Å². The van der Waals surface area contributed by atoms with Crippen LogP contribution in [0.5, 0.6) is 5.75 Å². The molecule has 4 aromatic rings. The number of rotatable bonds is 4. The van der Waals surface area contributed by atoms with Crippen LogP contribution in [-0.2, 0) is 0 Å². The number of anilines is 1. The van der Waals surface area contributed by atoms with E-state index in [9.17, 15) is 14.7 Å². The lowest BCUT2D eigenvalue weighted by atomic mass is 10.0. The third-order valence-electron chi connectivity index (χ3n) is 6.10. The molecule has 2 aromatic carbocycles. The number of phenolic OH excluding ortho intramolecular Hbond substituents is 1. The number of aromatic nitrogens is 4. The van der Waals surface area contributed by atoms with Gasteiger partial charge in [0.1, 0.15) is 11.6 Å². The van der Waals surface area contributed by atoms with Gasteiger partial charge in [-0.3, -0.25) is 9.78 Å². The number of nitrogens with zero attached hydrogens (tertiary/aromatic N) is 5. The maximum atomic E-state index is 13.2. The molecule has 0 bridgehead atoms. The van der Waals surface area contributed by atoms with E-state index >= 15 is 0 Å². The van der Waals surface area contributed by atoms with Crippen molar-refractivity contribution in [3.05, 3.63) is 88.7 Å². The minimum Gasteiger partial charge on any atom is -0.508 e. The molecule has 35 heavy (non-hydrogen) atoms. The largest absolute Gasteiger partial charge is 0.508 e. The van der Waals surface area contributed by atoms with Gasteiger partial charge in [-0.05, 0) is 54.4 Å². The zero-order chi connectivity index (χ0) is 24.4. The normalized spacial score (nSPS) is 13.6. The molecule has 9 heteroatoms. The number of carbonyl (C=O) groups is 1. The van der Waals surface area contributed by atoms with Crippen LogP contribution in [0.1, 0.15) is 15.9 Å². The number of carbonyl (C=O) groups excluding carboxylic acids is 1. The van der Waals surface area contributed by atoms with E-state index in [1.807, 2.05) is 17.0 Å². The van der Waals surface area contributed by atoms with Gasteiger partial charge in [0.25, 0.3) is 5.91 Å². The third-order valence-corrected chi connectivity index (χ3v) is 6.10. The van der Waals surface area contributed by atoms with Crippen molar-refractivity contribution in [2.45, 2.75) is 6.92 Å². The van der Waals surface area contributed by atoms with E-state index in [1.54, 1.807) is 61.9 Å². The number of aromatic amines is 1. The Labute approximate surface area is 201 Å². The summed E-state index contributed by atoms with van der Waals surface area (Å²) in [4.78, 5) is 44.8. The van der Waals surface area contributed by atoms with Crippen molar-refractivity contribution in [1.82, 2.24) is 24.8 Å². The van der Waals surface area contributed by atoms with Crippen LogP contribution in [0, 0.1) is 6.92 Å². The molecule has 0 spiro atoms. The molecule has 0 aliphatic carbocycles. The number of H-pyrrole nitrogens is 1. The number of benzene rings is 2. The van der Waals surface area contributed by atoms with Gasteiger partial charge in [0.15, 0.2) is 0 Å². The summed E-state index contributed by atoms with van der Waals surface area (Å²) in [7, 11) is 0. The Hall–Kier alpha value is -4.53. The number of aromatic hydroxyl groups is 1. The van der Waals surface area contributed by atoms with E-state index in [0.717, 1.165) is 11.4 Å². The summed E-state index contributed by atoms with van der Waals surface area (Å²) in [5.74, 6) is 0.932. The summed E-state index contributed by atoms with van der Waals surface area (Å²) in [5.41, 5.74) is 3.25. The fraction of sp³-hybridized carbons (Fsp3) is 0.192. The third kappa shape index (κ3) is 4.74. The Morgan fingerprint density at radius 3 is 2.57 bits per heavy atom. The Morgan fingerprint density at radius 2 is 1.83 bits per heavy atom. The lowest BCUT2D eigenvalue weighted by Gasteiger charge is -2.35. The molecule has 0 radical (unpaired) electrons. The first-order valence-corrected chi connectivity index (χ1v) is 11.3. The first-order valence-electron chi connectivity index (χ1n) is 11.3. The lowest BCUT2D eigenvalue weighted by molar-refractivity contribution is 0.0746. The number of aryl methyl sites for hydroxylation is 1. The van der Waals surface area contributed by atoms with Gasteiger partial charge in [-0.2, -0.15) is 4.98 Å². The minimum atomic E-state index is -0.486. The van der Waals surface area contributed by atoms with E-state index in [2.05, 4.69) is 24.8 Å². The van der Waals surface area contributed by atoms with E-state index in [-0.39, 0.29) is 11.7 Å². The highest BCUT2D eigenvalue weighted by atomic mass is 16.3. The average molecular weight is 469 g/mol. The van der Waals surface area contributed by atoms with Gasteiger partial charge >= 0.3 is 5.69 Å². The highest BCUT2D eigenvalue weighted by Crippen LogP contribution is 2.26. The van der Waals surface area contributed by atoms with Crippen molar-refractivity contribution in [1.29, 1.82) is 0 Å². The highest BCUT2D eigenvalue weighted by Gasteiger charge is 2.23. The molecule has 2 aromatic heterocycles. The van der Waals surface area contributed by atoms with Crippen LogP contribution in [0.15, 0.2) is 71.9 Å². The summed E-state index contributed by atoms with van der Waals surface area (Å²) in [6, 6.07) is 14.1. The molecule has 0 atom stereocenters. The Balaban J connectivity index is 1.36. The smallest absolute Gasteiger partial charge is 0.345 e.